The number of nitrogens with one attached hydrogen (secondary N) is 1. The molecule has 1 amide bonds. The van der Waals surface area contributed by atoms with Gasteiger partial charge in [0.2, 0.25) is 5.91 Å². The zero-order valence-corrected chi connectivity index (χ0v) is 10.2. The van der Waals surface area contributed by atoms with Crippen LogP contribution in [0.15, 0.2) is 12.1 Å². The Hall–Kier alpha value is -2.08. The van der Waals surface area contributed by atoms with Gasteiger partial charge in [-0.25, -0.2) is 4.79 Å². The van der Waals surface area contributed by atoms with Crippen molar-refractivity contribution in [3.8, 4) is 5.75 Å². The highest BCUT2D eigenvalue weighted by Gasteiger charge is 2.18. The molecule has 1 aromatic carbocycles. The summed E-state index contributed by atoms with van der Waals surface area (Å²) in [6, 6.07) is 2.51. The lowest BCUT2D eigenvalue weighted by Gasteiger charge is -2.13. The maximum Gasteiger partial charge on any atom is 0.338 e. The molecule has 0 unspecified atom stereocenters. The molecule has 7 heteroatoms. The molecule has 0 aliphatic heterocycles. The van der Waals surface area contributed by atoms with Crippen LogP contribution in [0.1, 0.15) is 17.3 Å². The van der Waals surface area contributed by atoms with Gasteiger partial charge in [0.05, 0.1) is 11.3 Å². The summed E-state index contributed by atoms with van der Waals surface area (Å²) in [5, 5.41) is 11.5. The summed E-state index contributed by atoms with van der Waals surface area (Å²) in [6.07, 6.45) is 0.499. The molecule has 0 aliphatic carbocycles. The lowest BCUT2D eigenvalue weighted by molar-refractivity contribution is -0.114. The average Bonchev–Trinajstić information content (AvgIpc) is 2.28. The number of carboxylic acids is 1. The molecule has 0 saturated carbocycles. The molecule has 6 nitrogen and oxygen atoms in total. The Labute approximate surface area is 108 Å². The minimum Gasteiger partial charge on any atom is -0.484 e. The molecule has 0 bridgehead atoms. The SMILES string of the molecule is CC(=O)Nc1c(OCC=O)cc(Cl)cc1C(=O)O. The third kappa shape index (κ3) is 3.46. The van der Waals surface area contributed by atoms with E-state index in [1.165, 1.54) is 19.1 Å². The van der Waals surface area contributed by atoms with Crippen LogP contribution in [-0.4, -0.2) is 29.9 Å². The number of hydrogen-bond donors (Lipinski definition) is 2. The first-order valence-electron chi connectivity index (χ1n) is 4.86. The van der Waals surface area contributed by atoms with Crippen molar-refractivity contribution < 1.29 is 24.2 Å². The maximum atomic E-state index is 11.0. The quantitative estimate of drug-likeness (QED) is 0.793. The summed E-state index contributed by atoms with van der Waals surface area (Å²) in [6.45, 7) is 0.954. The number of carbonyl (C=O) groups excluding carboxylic acids is 2. The molecule has 18 heavy (non-hydrogen) atoms. The standard InChI is InChI=1S/C11H10ClNO5/c1-6(15)13-10-8(11(16)17)4-7(12)5-9(10)18-3-2-14/h2,4-5H,3H2,1H3,(H,13,15)(H,16,17). The van der Waals surface area contributed by atoms with E-state index >= 15 is 0 Å². The first-order chi connectivity index (χ1) is 8.45. The monoisotopic (exact) mass is 271 g/mol. The van der Waals surface area contributed by atoms with E-state index in [2.05, 4.69) is 5.32 Å². The largest absolute Gasteiger partial charge is 0.484 e. The van der Waals surface area contributed by atoms with Crippen molar-refractivity contribution in [3.63, 3.8) is 0 Å². The van der Waals surface area contributed by atoms with Crippen LogP contribution < -0.4 is 10.1 Å². The Kier molecular flexibility index (Phi) is 4.67. The summed E-state index contributed by atoms with van der Waals surface area (Å²) in [4.78, 5) is 32.3. The van der Waals surface area contributed by atoms with Gasteiger partial charge in [-0.3, -0.25) is 9.59 Å². The number of halogens is 1. The van der Waals surface area contributed by atoms with Gasteiger partial charge in [-0.1, -0.05) is 11.6 Å². The lowest BCUT2D eigenvalue weighted by atomic mass is 10.1. The minimum atomic E-state index is -1.27. The number of ether oxygens (including phenoxy) is 1. The fourth-order valence-electron chi connectivity index (χ4n) is 1.29. The van der Waals surface area contributed by atoms with Gasteiger partial charge in [0.15, 0.2) is 6.29 Å². The highest BCUT2D eigenvalue weighted by Crippen LogP contribution is 2.32. The summed E-state index contributed by atoms with van der Waals surface area (Å²) >= 11 is 5.74. The van der Waals surface area contributed by atoms with Gasteiger partial charge in [0.1, 0.15) is 12.4 Å². The maximum absolute atomic E-state index is 11.0. The van der Waals surface area contributed by atoms with Gasteiger partial charge in [-0.05, 0) is 6.07 Å². The number of carbonyl (C=O) groups is 3. The second-order valence-corrected chi connectivity index (χ2v) is 3.73. The van der Waals surface area contributed by atoms with Gasteiger partial charge in [-0.15, -0.1) is 0 Å². The molecule has 0 spiro atoms. The van der Waals surface area contributed by atoms with Gasteiger partial charge >= 0.3 is 5.97 Å². The first-order valence-corrected chi connectivity index (χ1v) is 5.24. The van der Waals surface area contributed by atoms with Crippen molar-refractivity contribution in [3.05, 3.63) is 22.7 Å². The molecule has 0 atom stereocenters. The molecule has 0 saturated heterocycles. The fraction of sp³-hybridized carbons (Fsp3) is 0.182. The fourth-order valence-corrected chi connectivity index (χ4v) is 1.50. The van der Waals surface area contributed by atoms with E-state index in [4.69, 9.17) is 21.4 Å². The Balaban J connectivity index is 3.31. The summed E-state index contributed by atoms with van der Waals surface area (Å²) in [5.74, 6) is -1.70. The van der Waals surface area contributed by atoms with Crippen molar-refractivity contribution in [2.75, 3.05) is 11.9 Å². The van der Waals surface area contributed by atoms with Crippen molar-refractivity contribution in [2.24, 2.45) is 0 Å². The highest BCUT2D eigenvalue weighted by atomic mass is 35.5. The smallest absolute Gasteiger partial charge is 0.338 e. The van der Waals surface area contributed by atoms with Crippen LogP contribution in [0.4, 0.5) is 5.69 Å². The lowest BCUT2D eigenvalue weighted by Crippen LogP contribution is -2.13. The van der Waals surface area contributed by atoms with Gasteiger partial charge in [-0.2, -0.15) is 0 Å². The molecule has 1 rings (SSSR count). The number of carboxylic acid groups (broad SMARTS) is 1. The van der Waals surface area contributed by atoms with Crippen LogP contribution in [0.5, 0.6) is 5.75 Å². The molecule has 0 aliphatic rings. The number of aromatic carboxylic acids is 1. The zero-order chi connectivity index (χ0) is 13.7. The van der Waals surface area contributed by atoms with E-state index < -0.39 is 11.9 Å². The molecule has 1 aromatic rings. The topological polar surface area (TPSA) is 92.7 Å². The Morgan fingerprint density at radius 2 is 2.17 bits per heavy atom. The molecular weight excluding hydrogens is 262 g/mol. The van der Waals surface area contributed by atoms with E-state index in [9.17, 15) is 14.4 Å². The number of anilines is 1. The Bertz CT molecular complexity index is 500. The molecule has 0 aromatic heterocycles. The second-order valence-electron chi connectivity index (χ2n) is 3.29. The molecule has 2 N–H and O–H groups in total. The molecule has 0 radical (unpaired) electrons. The van der Waals surface area contributed by atoms with Crippen molar-refractivity contribution in [2.45, 2.75) is 6.92 Å². The van der Waals surface area contributed by atoms with Crippen LogP contribution in [0.3, 0.4) is 0 Å². The minimum absolute atomic E-state index is 0.0266. The van der Waals surface area contributed by atoms with Crippen LogP contribution in [0.2, 0.25) is 5.02 Å². The third-order valence-corrected chi connectivity index (χ3v) is 2.12. The van der Waals surface area contributed by atoms with Crippen LogP contribution in [-0.2, 0) is 9.59 Å². The van der Waals surface area contributed by atoms with E-state index in [1.807, 2.05) is 0 Å². The predicted octanol–water partition coefficient (Wildman–Crippen LogP) is 1.57. The van der Waals surface area contributed by atoms with Gasteiger partial charge in [0.25, 0.3) is 0 Å². The van der Waals surface area contributed by atoms with E-state index in [1.54, 1.807) is 0 Å². The number of benzene rings is 1. The van der Waals surface area contributed by atoms with Crippen LogP contribution in [0, 0.1) is 0 Å². The van der Waals surface area contributed by atoms with Gasteiger partial charge < -0.3 is 15.2 Å². The Morgan fingerprint density at radius 1 is 1.50 bits per heavy atom. The van der Waals surface area contributed by atoms with Crippen LogP contribution >= 0.6 is 11.6 Å². The summed E-state index contributed by atoms with van der Waals surface area (Å²) in [7, 11) is 0. The zero-order valence-electron chi connectivity index (χ0n) is 9.40. The predicted molar refractivity (Wildman–Crippen MR) is 64.3 cm³/mol. The van der Waals surface area contributed by atoms with E-state index in [0.717, 1.165) is 0 Å². The van der Waals surface area contributed by atoms with E-state index in [-0.39, 0.29) is 28.6 Å². The molecule has 0 heterocycles. The first kappa shape index (κ1) is 14.0. The summed E-state index contributed by atoms with van der Waals surface area (Å²) in [5.41, 5.74) is -0.236. The van der Waals surface area contributed by atoms with Crippen molar-refractivity contribution in [1.29, 1.82) is 0 Å². The number of aldehydes is 1. The highest BCUT2D eigenvalue weighted by molar-refractivity contribution is 6.31. The molecule has 0 fully saturated rings. The number of hydrogen-bond acceptors (Lipinski definition) is 4. The number of amides is 1. The third-order valence-electron chi connectivity index (χ3n) is 1.91. The molecular formula is C11H10ClNO5. The normalized spacial score (nSPS) is 9.67. The molecule has 96 valence electrons. The summed E-state index contributed by atoms with van der Waals surface area (Å²) < 4.78 is 5.03. The van der Waals surface area contributed by atoms with Crippen molar-refractivity contribution in [1.82, 2.24) is 0 Å². The number of rotatable bonds is 5. The average molecular weight is 272 g/mol. The van der Waals surface area contributed by atoms with Crippen molar-refractivity contribution >= 4 is 35.5 Å². The Morgan fingerprint density at radius 3 is 2.67 bits per heavy atom. The van der Waals surface area contributed by atoms with Gasteiger partial charge in [0, 0.05) is 18.0 Å². The van der Waals surface area contributed by atoms with Crippen LogP contribution in [0.25, 0.3) is 0 Å². The van der Waals surface area contributed by atoms with E-state index in [0.29, 0.717) is 6.29 Å². The second kappa shape index (κ2) is 6.02.